The topological polar surface area (TPSA) is 0 Å². The number of rotatable bonds is 6. The molecule has 0 saturated heterocycles. The van der Waals surface area contributed by atoms with E-state index in [-0.39, 0.29) is 13.7 Å². The van der Waals surface area contributed by atoms with Crippen molar-refractivity contribution < 1.29 is 0 Å². The first kappa shape index (κ1) is 11.1. The number of alkyl halides is 2. The second kappa shape index (κ2) is 8.19. The lowest BCUT2D eigenvalue weighted by Gasteiger charge is -1.99. The van der Waals surface area contributed by atoms with Crippen LogP contribution in [0.15, 0.2) is 0 Å². The number of halogens is 3. The first-order valence-electron chi connectivity index (χ1n) is 3.61. The van der Waals surface area contributed by atoms with Crippen molar-refractivity contribution >= 4 is 43.1 Å². The zero-order valence-corrected chi connectivity index (χ0v) is 9.64. The lowest BCUT2D eigenvalue weighted by molar-refractivity contribution is 0.691. The monoisotopic (exact) mass is 218 g/mol. The van der Waals surface area contributed by atoms with Gasteiger partial charge >= 0.3 is 0 Å². The van der Waals surface area contributed by atoms with Gasteiger partial charge in [-0.2, -0.15) is 11.1 Å². The minimum absolute atomic E-state index is 0.173. The highest BCUT2D eigenvalue weighted by Gasteiger charge is 1.96. The van der Waals surface area contributed by atoms with Crippen molar-refractivity contribution in [3.05, 3.63) is 0 Å². The molecule has 0 radical (unpaired) electrons. The zero-order chi connectivity index (χ0) is 7.82. The van der Waals surface area contributed by atoms with Crippen LogP contribution in [0.5, 0.6) is 0 Å². The van der Waals surface area contributed by atoms with E-state index in [1.807, 2.05) is 0 Å². The van der Waals surface area contributed by atoms with E-state index in [2.05, 4.69) is 0 Å². The van der Waals surface area contributed by atoms with Crippen molar-refractivity contribution in [2.24, 2.45) is 0 Å². The van der Waals surface area contributed by atoms with E-state index in [0.717, 1.165) is 12.8 Å². The molecule has 0 heterocycles. The Morgan fingerprint density at radius 3 is 2.30 bits per heavy atom. The summed E-state index contributed by atoms with van der Waals surface area (Å²) in [7, 11) is -0.227. The molecule has 0 amide bonds. The Bertz CT molecular complexity index is 68.0. The molecule has 0 aromatic heterocycles. The summed E-state index contributed by atoms with van der Waals surface area (Å²) >= 11 is 16.7. The summed E-state index contributed by atoms with van der Waals surface area (Å²) in [5.41, 5.74) is 0. The van der Waals surface area contributed by atoms with E-state index in [9.17, 15) is 0 Å². The summed E-state index contributed by atoms with van der Waals surface area (Å²) in [6, 6.07) is 1.25. The molecule has 0 aromatic carbocycles. The molecule has 0 aliphatic rings. The van der Waals surface area contributed by atoms with Gasteiger partial charge in [0.05, 0.1) is 0 Å². The van der Waals surface area contributed by atoms with Gasteiger partial charge in [-0.05, 0) is 12.5 Å². The Kier molecular flexibility index (Phi) is 9.08. The van der Waals surface area contributed by atoms with Crippen LogP contribution in [-0.4, -0.2) is 13.7 Å². The number of hydrogen-bond acceptors (Lipinski definition) is 0. The third-order valence-corrected chi connectivity index (χ3v) is 3.31. The van der Waals surface area contributed by atoms with Crippen LogP contribution in [0.1, 0.15) is 25.7 Å². The van der Waals surface area contributed by atoms with E-state index in [1.165, 1.54) is 18.9 Å². The third kappa shape index (κ3) is 9.09. The van der Waals surface area contributed by atoms with Gasteiger partial charge in [0.15, 0.2) is 0 Å². The van der Waals surface area contributed by atoms with E-state index in [1.54, 1.807) is 0 Å². The summed E-state index contributed by atoms with van der Waals surface area (Å²) < 4.78 is 0. The maximum absolute atomic E-state index is 5.63. The average Bonchev–Trinajstić information content (AvgIpc) is 1.87. The third-order valence-electron chi connectivity index (χ3n) is 1.31. The Labute approximate surface area is 79.8 Å². The molecule has 62 valence electrons. The predicted octanol–water partition coefficient (Wildman–Crippen LogP) is 3.09. The summed E-state index contributed by atoms with van der Waals surface area (Å²) in [6.07, 6.45) is 4.56. The molecule has 0 atom stereocenters. The van der Waals surface area contributed by atoms with Crippen LogP contribution in [0.3, 0.4) is 0 Å². The van der Waals surface area contributed by atoms with Crippen LogP contribution in [-0.2, 0) is 0 Å². The molecule has 0 aromatic rings. The lowest BCUT2D eigenvalue weighted by Crippen LogP contribution is -1.87. The molecule has 0 saturated carbocycles. The normalized spacial score (nSPS) is 12.0. The predicted molar refractivity (Wildman–Crippen MR) is 53.2 cm³/mol. The largest absolute Gasteiger partial charge is 0.176 e. The number of unbranched alkanes of at least 4 members (excludes halogenated alkanes) is 2. The SMILES string of the molecule is Cl[SiH2]CCCCCC(Cl)Cl. The smallest absolute Gasteiger partial charge is 0.125 e. The molecule has 0 bridgehead atoms. The highest BCUT2D eigenvalue weighted by molar-refractivity contribution is 6.93. The first-order chi connectivity index (χ1) is 4.77. The second-order valence-corrected chi connectivity index (χ2v) is 5.78. The molecule has 0 aliphatic carbocycles. The van der Waals surface area contributed by atoms with Gasteiger partial charge in [-0.25, -0.2) is 0 Å². The van der Waals surface area contributed by atoms with Crippen LogP contribution in [0.25, 0.3) is 0 Å². The standard InChI is InChI=1S/C6H13Cl3Si/c7-6(8)4-2-1-3-5-10-9/h6H,1-5,10H2. The summed E-state index contributed by atoms with van der Waals surface area (Å²) in [4.78, 5) is -0.173. The fraction of sp³-hybridized carbons (Fsp3) is 1.00. The molecule has 0 unspecified atom stereocenters. The van der Waals surface area contributed by atoms with Gasteiger partial charge in [0.25, 0.3) is 0 Å². The van der Waals surface area contributed by atoms with Crippen LogP contribution in [0.4, 0.5) is 0 Å². The van der Waals surface area contributed by atoms with Crippen molar-refractivity contribution in [2.75, 3.05) is 0 Å². The molecular formula is C6H13Cl3Si. The molecule has 0 fully saturated rings. The van der Waals surface area contributed by atoms with E-state index >= 15 is 0 Å². The maximum atomic E-state index is 5.63. The molecule has 0 aliphatic heterocycles. The molecule has 0 spiro atoms. The fourth-order valence-corrected chi connectivity index (χ4v) is 2.16. The van der Waals surface area contributed by atoms with Crippen LogP contribution in [0.2, 0.25) is 6.04 Å². The average molecular weight is 220 g/mol. The van der Waals surface area contributed by atoms with Crippen LogP contribution < -0.4 is 0 Å². The Morgan fingerprint density at radius 1 is 1.10 bits per heavy atom. The quantitative estimate of drug-likeness (QED) is 0.279. The van der Waals surface area contributed by atoms with Gasteiger partial charge in [-0.3, -0.25) is 0 Å². The first-order valence-corrected chi connectivity index (χ1v) is 7.62. The Balaban J connectivity index is 2.77. The number of hydrogen-bond donors (Lipinski definition) is 0. The fourth-order valence-electron chi connectivity index (χ4n) is 0.747. The van der Waals surface area contributed by atoms with Crippen molar-refractivity contribution in [1.82, 2.24) is 0 Å². The van der Waals surface area contributed by atoms with E-state index in [4.69, 9.17) is 34.3 Å². The van der Waals surface area contributed by atoms with Crippen molar-refractivity contribution in [3.8, 4) is 0 Å². The highest BCUT2D eigenvalue weighted by Crippen LogP contribution is 2.13. The zero-order valence-electron chi connectivity index (χ0n) is 5.95. The van der Waals surface area contributed by atoms with Crippen molar-refractivity contribution in [3.63, 3.8) is 0 Å². The van der Waals surface area contributed by atoms with Gasteiger partial charge in [0, 0.05) is 0 Å². The molecule has 4 heteroatoms. The minimum atomic E-state index is -0.227. The van der Waals surface area contributed by atoms with Gasteiger partial charge in [0.1, 0.15) is 13.7 Å². The van der Waals surface area contributed by atoms with E-state index in [0.29, 0.717) is 0 Å². The molecular weight excluding hydrogens is 207 g/mol. The summed E-state index contributed by atoms with van der Waals surface area (Å²) in [5.74, 6) is 0. The van der Waals surface area contributed by atoms with E-state index < -0.39 is 0 Å². The summed E-state index contributed by atoms with van der Waals surface area (Å²) in [5, 5.41) is 0. The van der Waals surface area contributed by atoms with Crippen LogP contribution >= 0.6 is 34.3 Å². The Morgan fingerprint density at radius 2 is 1.80 bits per heavy atom. The van der Waals surface area contributed by atoms with Crippen molar-refractivity contribution in [1.29, 1.82) is 0 Å². The van der Waals surface area contributed by atoms with Gasteiger partial charge in [0.2, 0.25) is 0 Å². The highest BCUT2D eigenvalue weighted by atomic mass is 35.6. The molecule has 0 rings (SSSR count). The van der Waals surface area contributed by atoms with Gasteiger partial charge in [-0.1, -0.05) is 19.3 Å². The van der Waals surface area contributed by atoms with Crippen molar-refractivity contribution in [2.45, 2.75) is 36.6 Å². The van der Waals surface area contributed by atoms with Crippen LogP contribution in [0, 0.1) is 0 Å². The minimum Gasteiger partial charge on any atom is -0.176 e. The lowest BCUT2D eigenvalue weighted by atomic mass is 10.2. The van der Waals surface area contributed by atoms with Gasteiger partial charge in [-0.15, -0.1) is 23.2 Å². The molecule has 0 nitrogen and oxygen atoms in total. The Hall–Kier alpha value is 1.09. The van der Waals surface area contributed by atoms with Gasteiger partial charge < -0.3 is 0 Å². The summed E-state index contributed by atoms with van der Waals surface area (Å²) in [6.45, 7) is 0. The molecule has 0 N–H and O–H groups in total. The maximum Gasteiger partial charge on any atom is 0.125 e. The second-order valence-electron chi connectivity index (χ2n) is 2.28. The molecule has 10 heavy (non-hydrogen) atoms.